The number of hydrogen-bond acceptors (Lipinski definition) is 4. The lowest BCUT2D eigenvalue weighted by molar-refractivity contribution is 0.0535. The molecule has 1 atom stereocenters. The highest BCUT2D eigenvalue weighted by Crippen LogP contribution is 2.43. The molecule has 0 fully saturated rings. The molecule has 0 aliphatic carbocycles. The van der Waals surface area contributed by atoms with Crippen molar-refractivity contribution in [2.24, 2.45) is 5.92 Å². The highest BCUT2D eigenvalue weighted by atomic mass is 28.3. The van der Waals surface area contributed by atoms with E-state index in [1.807, 2.05) is 30.7 Å². The van der Waals surface area contributed by atoms with Gasteiger partial charge in [-0.15, -0.1) is 0 Å². The van der Waals surface area contributed by atoms with Crippen LogP contribution in [-0.2, 0) is 11.1 Å². The topological polar surface area (TPSA) is 79.6 Å². The summed E-state index contributed by atoms with van der Waals surface area (Å²) in [6.45, 7) is 11.1. The van der Waals surface area contributed by atoms with Crippen molar-refractivity contribution >= 4 is 24.2 Å². The lowest BCUT2D eigenvalue weighted by Gasteiger charge is -2.37. The van der Waals surface area contributed by atoms with Crippen molar-refractivity contribution < 1.29 is 5.11 Å². The molecule has 7 aromatic rings. The zero-order valence-electron chi connectivity index (χ0n) is 28.8. The molecule has 2 N–H and O–H groups in total. The van der Waals surface area contributed by atoms with Crippen LogP contribution < -0.4 is 5.32 Å². The monoisotopic (exact) mass is 661 g/mol. The molecule has 7 rings (SSSR count). The van der Waals surface area contributed by atoms with Crippen molar-refractivity contribution in [1.29, 1.82) is 0 Å². The summed E-state index contributed by atoms with van der Waals surface area (Å²) < 4.78 is 2.18. The maximum absolute atomic E-state index is 12.8. The summed E-state index contributed by atoms with van der Waals surface area (Å²) in [4.78, 5) is 5.02. The van der Waals surface area contributed by atoms with Crippen LogP contribution in [0.15, 0.2) is 140 Å². The minimum Gasteiger partial charge on any atom is -0.379 e. The number of hydrogen-bond donors (Lipinski definition) is 2. The van der Waals surface area contributed by atoms with Crippen LogP contribution in [0, 0.1) is 5.92 Å². The molecule has 246 valence electrons. The normalized spacial score (nSPS) is 13.5. The van der Waals surface area contributed by atoms with E-state index in [2.05, 4.69) is 163 Å². The van der Waals surface area contributed by atoms with Gasteiger partial charge in [0.1, 0.15) is 24.9 Å². The van der Waals surface area contributed by atoms with Gasteiger partial charge >= 0.3 is 0 Å². The van der Waals surface area contributed by atoms with Crippen LogP contribution in [0.2, 0.25) is 19.6 Å². The summed E-state index contributed by atoms with van der Waals surface area (Å²) in [6, 6.07) is 44.3. The highest BCUT2D eigenvalue weighted by Gasteiger charge is 2.41. The molecule has 0 saturated heterocycles. The molecule has 0 aliphatic rings. The molecular weight excluding hydrogens is 619 g/mol. The first kappa shape index (κ1) is 32.4. The largest absolute Gasteiger partial charge is 0.379 e. The van der Waals surface area contributed by atoms with Gasteiger partial charge in [-0.2, -0.15) is 15.4 Å². The van der Waals surface area contributed by atoms with E-state index >= 15 is 0 Å². The van der Waals surface area contributed by atoms with Crippen molar-refractivity contribution in [2.75, 3.05) is 0 Å². The molecule has 6 nitrogen and oxygen atoms in total. The Bertz CT molecular complexity index is 2090. The molecule has 5 aromatic carbocycles. The van der Waals surface area contributed by atoms with Crippen LogP contribution in [0.1, 0.15) is 48.2 Å². The van der Waals surface area contributed by atoms with Crippen LogP contribution in [-0.4, -0.2) is 38.1 Å². The van der Waals surface area contributed by atoms with Crippen molar-refractivity contribution in [1.82, 2.24) is 25.0 Å². The van der Waals surface area contributed by atoms with Crippen molar-refractivity contribution in [3.63, 3.8) is 0 Å². The number of fused-ring (bicyclic) bond motifs is 1. The number of rotatable bonds is 10. The Labute approximate surface area is 289 Å². The predicted molar refractivity (Wildman–Crippen MR) is 202 cm³/mol. The van der Waals surface area contributed by atoms with E-state index < -0.39 is 19.2 Å². The molecule has 2 aromatic heterocycles. The maximum atomic E-state index is 12.8. The number of aliphatic hydroxyl groups is 1. The highest BCUT2D eigenvalue weighted by molar-refractivity contribution is 6.89. The Hall–Kier alpha value is -5.11. The molecule has 0 bridgehead atoms. The molecular formula is C42H43N5OSi. The van der Waals surface area contributed by atoms with Gasteiger partial charge in [0, 0.05) is 11.8 Å². The van der Waals surface area contributed by atoms with E-state index in [1.54, 1.807) is 0 Å². The molecule has 0 spiro atoms. The Morgan fingerprint density at radius 3 is 1.80 bits per heavy atom. The molecule has 0 radical (unpaired) electrons. The second kappa shape index (κ2) is 12.7. The first-order chi connectivity index (χ1) is 23.6. The number of imidazole rings is 1. The van der Waals surface area contributed by atoms with E-state index in [-0.39, 0.29) is 5.92 Å². The minimum absolute atomic E-state index is 0.211. The van der Waals surface area contributed by atoms with E-state index in [0.29, 0.717) is 12.1 Å². The first-order valence-corrected chi connectivity index (χ1v) is 20.5. The summed E-state index contributed by atoms with van der Waals surface area (Å²) in [7, 11) is -1.69. The predicted octanol–water partition coefficient (Wildman–Crippen LogP) is 8.49. The summed E-state index contributed by atoms with van der Waals surface area (Å²) in [6.07, 6.45) is 4.45. The van der Waals surface area contributed by atoms with Gasteiger partial charge in [0.25, 0.3) is 0 Å². The molecule has 0 amide bonds. The first-order valence-electron chi connectivity index (χ1n) is 17.0. The summed E-state index contributed by atoms with van der Waals surface area (Å²) in [5.74, 6) is 0.211. The average Bonchev–Trinajstić information content (AvgIpc) is 3.82. The third-order valence-electron chi connectivity index (χ3n) is 9.52. The van der Waals surface area contributed by atoms with Crippen LogP contribution in [0.3, 0.4) is 0 Å². The van der Waals surface area contributed by atoms with Crippen LogP contribution >= 0.6 is 0 Å². The van der Waals surface area contributed by atoms with E-state index in [0.717, 1.165) is 49.6 Å². The SMILES string of the molecule is CC(C)CC(O)(c1ccc2cc(-c3n[nH]nc3[Si](C)(C)C)ccc2c1)c1cn(C(c2ccccc2)(c2ccccc2)c2ccccc2)cn1. The number of aromatic amines is 1. The summed E-state index contributed by atoms with van der Waals surface area (Å²) in [5.41, 5.74) is 4.68. The van der Waals surface area contributed by atoms with Gasteiger partial charge in [-0.25, -0.2) is 4.98 Å². The fraction of sp³-hybridized carbons (Fsp3) is 0.214. The number of H-pyrrole nitrogens is 1. The molecule has 0 aliphatic heterocycles. The fourth-order valence-corrected chi connectivity index (χ4v) is 8.57. The van der Waals surface area contributed by atoms with Crippen molar-refractivity contribution in [2.45, 2.75) is 51.0 Å². The van der Waals surface area contributed by atoms with Gasteiger partial charge in [0.05, 0.1) is 17.3 Å². The number of benzene rings is 5. The Kier molecular flexibility index (Phi) is 8.43. The lowest BCUT2D eigenvalue weighted by atomic mass is 9.76. The van der Waals surface area contributed by atoms with Crippen LogP contribution in [0.25, 0.3) is 22.0 Å². The van der Waals surface area contributed by atoms with Gasteiger partial charge in [0.2, 0.25) is 0 Å². The second-order valence-electron chi connectivity index (χ2n) is 14.5. The lowest BCUT2D eigenvalue weighted by Crippen LogP contribution is -2.40. The van der Waals surface area contributed by atoms with E-state index in [9.17, 15) is 5.11 Å². The zero-order valence-corrected chi connectivity index (χ0v) is 29.8. The average molecular weight is 662 g/mol. The molecule has 0 saturated carbocycles. The van der Waals surface area contributed by atoms with Gasteiger partial charge in [0.15, 0.2) is 0 Å². The summed E-state index contributed by atoms with van der Waals surface area (Å²) >= 11 is 0. The van der Waals surface area contributed by atoms with E-state index in [1.165, 1.54) is 0 Å². The molecule has 1 unspecified atom stereocenters. The van der Waals surface area contributed by atoms with Gasteiger partial charge in [-0.1, -0.05) is 149 Å². The fourth-order valence-electron chi connectivity index (χ4n) is 7.27. The third-order valence-corrected chi connectivity index (χ3v) is 11.3. The Morgan fingerprint density at radius 1 is 0.694 bits per heavy atom. The van der Waals surface area contributed by atoms with Gasteiger partial charge < -0.3 is 9.67 Å². The smallest absolute Gasteiger partial charge is 0.133 e. The molecule has 2 heterocycles. The maximum Gasteiger partial charge on any atom is 0.133 e. The van der Waals surface area contributed by atoms with Crippen molar-refractivity contribution in [3.8, 4) is 11.3 Å². The molecule has 49 heavy (non-hydrogen) atoms. The second-order valence-corrected chi connectivity index (χ2v) is 19.5. The Morgan fingerprint density at radius 2 is 1.24 bits per heavy atom. The minimum atomic E-state index is -1.69. The summed E-state index contributed by atoms with van der Waals surface area (Å²) in [5, 5.41) is 27.9. The molecule has 7 heteroatoms. The van der Waals surface area contributed by atoms with E-state index in [4.69, 9.17) is 4.98 Å². The number of aromatic nitrogens is 5. The zero-order chi connectivity index (χ0) is 34.2. The number of nitrogens with one attached hydrogen (secondary N) is 1. The number of nitrogens with zero attached hydrogens (tertiary/aromatic N) is 4. The van der Waals surface area contributed by atoms with Gasteiger partial charge in [-0.3, -0.25) is 0 Å². The van der Waals surface area contributed by atoms with Crippen LogP contribution in [0.5, 0.6) is 0 Å². The quantitative estimate of drug-likeness (QED) is 0.114. The van der Waals surface area contributed by atoms with Gasteiger partial charge in [-0.05, 0) is 57.5 Å². The van der Waals surface area contributed by atoms with Crippen molar-refractivity contribution in [3.05, 3.63) is 168 Å². The Balaban J connectivity index is 1.37. The van der Waals surface area contributed by atoms with Crippen LogP contribution in [0.4, 0.5) is 0 Å². The standard InChI is InChI=1S/C42H43N5OSi/c1-30(2)27-41(48,37-24-23-31-25-33(22-21-32(31)26-37)39-40(45-46-44-39)49(3,4)5)38-28-47(29-43-38)42(34-15-9-6-10-16-34,35-17-11-7-12-18-35)36-19-13-8-14-20-36/h6-26,28-30,48H,27H2,1-5H3,(H,44,45,46). The third kappa shape index (κ3) is 5.83.